The average Bonchev–Trinajstić information content (AvgIpc) is 2.70. The highest BCUT2D eigenvalue weighted by Crippen LogP contribution is 2.26. The van der Waals surface area contributed by atoms with Crippen LogP contribution in [0.3, 0.4) is 0 Å². The van der Waals surface area contributed by atoms with Crippen LogP contribution in [0.2, 0.25) is 0 Å². The van der Waals surface area contributed by atoms with Crippen LogP contribution in [0.4, 0.5) is 11.4 Å². The van der Waals surface area contributed by atoms with Crippen molar-refractivity contribution in [2.24, 2.45) is 7.05 Å². The van der Waals surface area contributed by atoms with Crippen molar-refractivity contribution < 1.29 is 9.66 Å². The fourth-order valence-corrected chi connectivity index (χ4v) is 2.11. The van der Waals surface area contributed by atoms with Crippen molar-refractivity contribution in [3.05, 3.63) is 45.6 Å². The molecule has 0 spiro atoms. The minimum absolute atomic E-state index is 0.0491. The van der Waals surface area contributed by atoms with E-state index in [0.29, 0.717) is 18.1 Å². The number of nitro groups is 1. The zero-order valence-corrected chi connectivity index (χ0v) is 11.6. The van der Waals surface area contributed by atoms with Crippen molar-refractivity contribution in [1.82, 2.24) is 9.78 Å². The number of hydrogen-bond donors (Lipinski definition) is 1. The molecule has 20 heavy (non-hydrogen) atoms. The number of aryl methyl sites for hydroxylation is 2. The summed E-state index contributed by atoms with van der Waals surface area (Å²) >= 11 is 0. The lowest BCUT2D eigenvalue weighted by atomic mass is 10.2. The number of anilines is 1. The lowest BCUT2D eigenvalue weighted by Crippen LogP contribution is -2.04. The molecule has 1 aromatic heterocycles. The maximum absolute atomic E-state index is 11.0. The number of nitrogens with one attached hydrogen (secondary N) is 1. The van der Waals surface area contributed by atoms with Crippen LogP contribution in [0.25, 0.3) is 0 Å². The molecule has 0 saturated heterocycles. The van der Waals surface area contributed by atoms with Crippen LogP contribution in [0.5, 0.6) is 5.88 Å². The summed E-state index contributed by atoms with van der Waals surface area (Å²) in [5, 5.41) is 18.3. The van der Waals surface area contributed by atoms with Crippen molar-refractivity contribution in [2.75, 3.05) is 12.4 Å². The normalized spacial score (nSPS) is 10.3. The molecule has 2 aromatic rings. The van der Waals surface area contributed by atoms with E-state index in [1.54, 1.807) is 37.0 Å². The molecule has 0 aliphatic rings. The maximum Gasteiger partial charge on any atom is 0.292 e. The first-order valence-corrected chi connectivity index (χ1v) is 6.08. The van der Waals surface area contributed by atoms with Crippen molar-refractivity contribution in [2.45, 2.75) is 13.5 Å². The van der Waals surface area contributed by atoms with Gasteiger partial charge < -0.3 is 10.1 Å². The van der Waals surface area contributed by atoms with Gasteiger partial charge >= 0.3 is 0 Å². The summed E-state index contributed by atoms with van der Waals surface area (Å²) in [7, 11) is 3.37. The van der Waals surface area contributed by atoms with Crippen molar-refractivity contribution in [1.29, 1.82) is 0 Å². The van der Waals surface area contributed by atoms with Gasteiger partial charge in [-0.3, -0.25) is 10.1 Å². The summed E-state index contributed by atoms with van der Waals surface area (Å²) in [6, 6.07) is 6.54. The Balaban J connectivity index is 2.24. The molecule has 7 heteroatoms. The van der Waals surface area contributed by atoms with Gasteiger partial charge in [-0.25, -0.2) is 4.68 Å². The summed E-state index contributed by atoms with van der Waals surface area (Å²) < 4.78 is 6.93. The highest BCUT2D eigenvalue weighted by Gasteiger charge is 2.16. The Bertz CT molecular complexity index is 637. The molecule has 106 valence electrons. The minimum atomic E-state index is -0.407. The first kappa shape index (κ1) is 13.9. The monoisotopic (exact) mass is 276 g/mol. The van der Waals surface area contributed by atoms with E-state index in [1.807, 2.05) is 6.92 Å². The van der Waals surface area contributed by atoms with Gasteiger partial charge in [-0.05, 0) is 13.0 Å². The average molecular weight is 276 g/mol. The molecule has 0 radical (unpaired) electrons. The molecule has 2 rings (SSSR count). The molecule has 1 aromatic carbocycles. The molecule has 0 amide bonds. The van der Waals surface area contributed by atoms with Crippen LogP contribution in [-0.4, -0.2) is 21.8 Å². The molecule has 0 aliphatic heterocycles. The minimum Gasteiger partial charge on any atom is -0.481 e. The van der Waals surface area contributed by atoms with Gasteiger partial charge in [0.2, 0.25) is 5.88 Å². The van der Waals surface area contributed by atoms with Crippen LogP contribution in [0, 0.1) is 17.0 Å². The van der Waals surface area contributed by atoms with Gasteiger partial charge in [-0.15, -0.1) is 0 Å². The van der Waals surface area contributed by atoms with E-state index in [4.69, 9.17) is 4.74 Å². The Kier molecular flexibility index (Phi) is 3.88. The van der Waals surface area contributed by atoms with Crippen molar-refractivity contribution in [3.8, 4) is 5.88 Å². The van der Waals surface area contributed by atoms with Crippen LogP contribution in [0.1, 0.15) is 11.3 Å². The smallest absolute Gasteiger partial charge is 0.292 e. The number of hydrogen-bond acceptors (Lipinski definition) is 5. The lowest BCUT2D eigenvalue weighted by molar-refractivity contribution is -0.384. The van der Waals surface area contributed by atoms with Crippen LogP contribution >= 0.6 is 0 Å². The molecule has 0 unspecified atom stereocenters. The molecule has 0 fully saturated rings. The Morgan fingerprint density at radius 1 is 1.45 bits per heavy atom. The Morgan fingerprint density at radius 3 is 2.80 bits per heavy atom. The fraction of sp³-hybridized carbons (Fsp3) is 0.308. The number of aromatic nitrogens is 2. The summed E-state index contributed by atoms with van der Waals surface area (Å²) in [5.74, 6) is 0.647. The number of nitrogens with zero attached hydrogens (tertiary/aromatic N) is 3. The second kappa shape index (κ2) is 5.60. The van der Waals surface area contributed by atoms with E-state index in [9.17, 15) is 10.1 Å². The fourth-order valence-electron chi connectivity index (χ4n) is 2.11. The van der Waals surface area contributed by atoms with Gasteiger partial charge in [0.25, 0.3) is 5.69 Å². The number of methoxy groups -OCH3 is 1. The number of nitro benzene ring substituents is 1. The molecular weight excluding hydrogens is 260 g/mol. The number of para-hydroxylation sites is 2. The van der Waals surface area contributed by atoms with E-state index in [2.05, 4.69) is 10.4 Å². The summed E-state index contributed by atoms with van der Waals surface area (Å²) in [4.78, 5) is 10.5. The molecular formula is C13H16N4O3. The van der Waals surface area contributed by atoms with E-state index in [1.165, 1.54) is 6.07 Å². The Hall–Kier alpha value is -2.57. The third-order valence-corrected chi connectivity index (χ3v) is 3.04. The molecule has 1 heterocycles. The third-order valence-electron chi connectivity index (χ3n) is 3.04. The summed E-state index contributed by atoms with van der Waals surface area (Å²) in [6.07, 6.45) is 0. The van der Waals surface area contributed by atoms with E-state index < -0.39 is 4.92 Å². The Morgan fingerprint density at radius 2 is 2.15 bits per heavy atom. The number of benzene rings is 1. The topological polar surface area (TPSA) is 82.2 Å². The van der Waals surface area contributed by atoms with Crippen LogP contribution in [0.15, 0.2) is 24.3 Å². The maximum atomic E-state index is 11.0. The van der Waals surface area contributed by atoms with Gasteiger partial charge in [0.15, 0.2) is 0 Å². The molecule has 0 aliphatic carbocycles. The van der Waals surface area contributed by atoms with Crippen molar-refractivity contribution in [3.63, 3.8) is 0 Å². The van der Waals surface area contributed by atoms with E-state index >= 15 is 0 Å². The summed E-state index contributed by atoms with van der Waals surface area (Å²) in [5.41, 5.74) is 2.24. The standard InChI is InChI=1S/C13H16N4O3/c1-9-10(13(20-3)16(2)15-9)8-14-11-6-4-5-7-12(11)17(18)19/h4-7,14H,8H2,1-3H3. The van der Waals surface area contributed by atoms with Crippen molar-refractivity contribution >= 4 is 11.4 Å². The predicted molar refractivity (Wildman–Crippen MR) is 74.9 cm³/mol. The highest BCUT2D eigenvalue weighted by atomic mass is 16.6. The van der Waals surface area contributed by atoms with Gasteiger partial charge in [0.05, 0.1) is 23.3 Å². The van der Waals surface area contributed by atoms with E-state index in [0.717, 1.165) is 11.3 Å². The van der Waals surface area contributed by atoms with Gasteiger partial charge in [0.1, 0.15) is 5.69 Å². The van der Waals surface area contributed by atoms with Crippen LogP contribution < -0.4 is 10.1 Å². The molecule has 0 saturated carbocycles. The third kappa shape index (κ3) is 2.56. The molecule has 1 N–H and O–H groups in total. The van der Waals surface area contributed by atoms with E-state index in [-0.39, 0.29) is 5.69 Å². The summed E-state index contributed by atoms with van der Waals surface area (Å²) in [6.45, 7) is 2.28. The second-order valence-corrected chi connectivity index (χ2v) is 4.32. The van der Waals surface area contributed by atoms with Gasteiger partial charge in [0, 0.05) is 19.7 Å². The van der Waals surface area contributed by atoms with Gasteiger partial charge in [-0.1, -0.05) is 12.1 Å². The zero-order valence-electron chi connectivity index (χ0n) is 11.6. The molecule has 0 bridgehead atoms. The molecule has 0 atom stereocenters. The SMILES string of the molecule is COc1c(CNc2ccccc2[N+](=O)[O-])c(C)nn1C. The Labute approximate surface area is 116 Å². The predicted octanol–water partition coefficient (Wildman–Crippen LogP) is 2.26. The number of ether oxygens (including phenoxy) is 1. The van der Waals surface area contributed by atoms with Crippen LogP contribution in [-0.2, 0) is 13.6 Å². The number of rotatable bonds is 5. The highest BCUT2D eigenvalue weighted by molar-refractivity contribution is 5.61. The molecule has 7 nitrogen and oxygen atoms in total. The zero-order chi connectivity index (χ0) is 14.7. The largest absolute Gasteiger partial charge is 0.481 e. The first-order chi connectivity index (χ1) is 9.54. The first-order valence-electron chi connectivity index (χ1n) is 6.08. The lowest BCUT2D eigenvalue weighted by Gasteiger charge is -2.08. The quantitative estimate of drug-likeness (QED) is 0.669. The second-order valence-electron chi connectivity index (χ2n) is 4.32. The van der Waals surface area contributed by atoms with Gasteiger partial charge in [-0.2, -0.15) is 5.10 Å².